The molecular formula is C21H22ClN3O2S. The van der Waals surface area contributed by atoms with Crippen molar-refractivity contribution in [2.24, 2.45) is 0 Å². The average Bonchev–Trinajstić information content (AvgIpc) is 2.92. The molecule has 0 aliphatic carbocycles. The number of nitrogens with zero attached hydrogens (tertiary/aromatic N) is 2. The molecule has 0 unspecified atom stereocenters. The Bertz CT molecular complexity index is 992. The number of rotatable bonds is 4. The molecule has 0 spiro atoms. The van der Waals surface area contributed by atoms with E-state index in [1.54, 1.807) is 6.08 Å². The molecule has 1 N–H and O–H groups in total. The molecule has 2 aromatic rings. The van der Waals surface area contributed by atoms with Crippen molar-refractivity contribution < 1.29 is 9.59 Å². The summed E-state index contributed by atoms with van der Waals surface area (Å²) in [5.74, 6) is -0.828. The van der Waals surface area contributed by atoms with E-state index in [2.05, 4.69) is 9.88 Å². The molecule has 0 saturated carbocycles. The van der Waals surface area contributed by atoms with Crippen LogP contribution in [0.5, 0.6) is 0 Å². The predicted molar refractivity (Wildman–Crippen MR) is 116 cm³/mol. The lowest BCUT2D eigenvalue weighted by molar-refractivity contribution is -0.130. The van der Waals surface area contributed by atoms with Crippen molar-refractivity contribution in [1.29, 1.82) is 0 Å². The summed E-state index contributed by atoms with van der Waals surface area (Å²) in [6.07, 6.45) is 2.38. The van der Waals surface area contributed by atoms with E-state index in [0.29, 0.717) is 5.02 Å². The van der Waals surface area contributed by atoms with Gasteiger partial charge in [-0.2, -0.15) is 0 Å². The number of thiocarbonyl (C=S) groups is 1. The van der Waals surface area contributed by atoms with E-state index in [-0.39, 0.29) is 22.6 Å². The first-order valence-electron chi connectivity index (χ1n) is 9.10. The molecule has 1 saturated heterocycles. The smallest absolute Gasteiger partial charge is 0.265 e. The van der Waals surface area contributed by atoms with E-state index in [1.165, 1.54) is 4.90 Å². The van der Waals surface area contributed by atoms with Gasteiger partial charge in [-0.3, -0.25) is 19.8 Å². The first-order chi connectivity index (χ1) is 13.2. The number of aromatic nitrogens is 1. The molecule has 1 fully saturated rings. The monoisotopic (exact) mass is 415 g/mol. The highest BCUT2D eigenvalue weighted by atomic mass is 35.5. The molecule has 0 bridgehead atoms. The van der Waals surface area contributed by atoms with Crippen LogP contribution in [0.1, 0.15) is 37.2 Å². The second-order valence-corrected chi connectivity index (χ2v) is 7.71. The van der Waals surface area contributed by atoms with E-state index in [0.717, 1.165) is 29.1 Å². The van der Waals surface area contributed by atoms with Gasteiger partial charge < -0.3 is 4.57 Å². The fourth-order valence-corrected chi connectivity index (χ4v) is 3.81. The van der Waals surface area contributed by atoms with Crippen LogP contribution < -0.4 is 5.32 Å². The normalized spacial score (nSPS) is 17.2. The summed E-state index contributed by atoms with van der Waals surface area (Å²) in [7, 11) is 0. The molecule has 1 atom stereocenters. The number of benzene rings is 1. The number of aryl methyl sites for hydroxylation is 1. The summed E-state index contributed by atoms with van der Waals surface area (Å²) in [4.78, 5) is 26.9. The molecule has 5 nitrogen and oxygen atoms in total. The first-order valence-corrected chi connectivity index (χ1v) is 9.88. The zero-order valence-electron chi connectivity index (χ0n) is 16.2. The lowest BCUT2D eigenvalue weighted by Crippen LogP contribution is -2.56. The summed E-state index contributed by atoms with van der Waals surface area (Å²) in [6, 6.07) is 9.39. The van der Waals surface area contributed by atoms with Gasteiger partial charge in [0.15, 0.2) is 5.11 Å². The topological polar surface area (TPSA) is 54.3 Å². The third-order valence-corrected chi connectivity index (χ3v) is 5.57. The van der Waals surface area contributed by atoms with E-state index in [4.69, 9.17) is 23.8 Å². The summed E-state index contributed by atoms with van der Waals surface area (Å²) >= 11 is 11.2. The van der Waals surface area contributed by atoms with Crippen LogP contribution in [-0.4, -0.2) is 32.4 Å². The van der Waals surface area contributed by atoms with Crippen molar-refractivity contribution >= 4 is 46.8 Å². The maximum Gasteiger partial charge on any atom is 0.265 e. The molecule has 2 amide bonds. The van der Waals surface area contributed by atoms with Crippen molar-refractivity contribution in [3.05, 3.63) is 57.9 Å². The first kappa shape index (κ1) is 20.3. The predicted octanol–water partition coefficient (Wildman–Crippen LogP) is 4.17. The zero-order valence-corrected chi connectivity index (χ0v) is 17.8. The van der Waals surface area contributed by atoms with Crippen molar-refractivity contribution in [3.8, 4) is 5.69 Å². The molecule has 1 aliphatic heterocycles. The minimum Gasteiger partial charge on any atom is -0.318 e. The van der Waals surface area contributed by atoms with Crippen LogP contribution >= 0.6 is 23.8 Å². The minimum absolute atomic E-state index is 0.0882. The van der Waals surface area contributed by atoms with E-state index in [1.807, 2.05) is 58.0 Å². The van der Waals surface area contributed by atoms with Crippen molar-refractivity contribution in [2.45, 2.75) is 40.2 Å². The lowest BCUT2D eigenvalue weighted by Gasteiger charge is -2.33. The van der Waals surface area contributed by atoms with Gasteiger partial charge in [0.2, 0.25) is 0 Å². The highest BCUT2D eigenvalue weighted by Crippen LogP contribution is 2.25. The van der Waals surface area contributed by atoms with Crippen LogP contribution in [0.25, 0.3) is 11.8 Å². The van der Waals surface area contributed by atoms with Gasteiger partial charge in [0.05, 0.1) is 0 Å². The van der Waals surface area contributed by atoms with Gasteiger partial charge in [0, 0.05) is 28.1 Å². The average molecular weight is 416 g/mol. The maximum absolute atomic E-state index is 12.9. The second-order valence-electron chi connectivity index (χ2n) is 6.89. The standard InChI is InChI=1S/C21H22ClN3O2S/c1-5-12(2)25-20(27)18(19(26)23-21(25)28)11-15-10-13(3)24(14(15)4)17-8-6-16(22)7-9-17/h6-12H,5H2,1-4H3,(H,23,26,28)/b18-11-/t12-/m1/s1. The Hall–Kier alpha value is -2.44. The quantitative estimate of drug-likeness (QED) is 0.463. The highest BCUT2D eigenvalue weighted by Gasteiger charge is 2.35. The van der Waals surface area contributed by atoms with E-state index >= 15 is 0 Å². The Morgan fingerprint density at radius 3 is 2.46 bits per heavy atom. The van der Waals surface area contributed by atoms with Crippen LogP contribution in [0, 0.1) is 13.8 Å². The van der Waals surface area contributed by atoms with Crippen LogP contribution in [-0.2, 0) is 9.59 Å². The molecule has 1 aromatic carbocycles. The number of carbonyl (C=O) groups excluding carboxylic acids is 2. The van der Waals surface area contributed by atoms with Gasteiger partial charge in [-0.1, -0.05) is 18.5 Å². The van der Waals surface area contributed by atoms with Crippen LogP contribution in [0.3, 0.4) is 0 Å². The Kier molecular flexibility index (Phi) is 5.72. The zero-order chi connectivity index (χ0) is 20.6. The molecule has 3 rings (SSSR count). The third kappa shape index (κ3) is 3.62. The summed E-state index contributed by atoms with van der Waals surface area (Å²) < 4.78 is 2.06. The summed E-state index contributed by atoms with van der Waals surface area (Å²) in [5.41, 5.74) is 3.78. The van der Waals surface area contributed by atoms with Gasteiger partial charge in [-0.05, 0) is 81.4 Å². The molecular weight excluding hydrogens is 394 g/mol. The number of hydrogen-bond acceptors (Lipinski definition) is 3. The largest absolute Gasteiger partial charge is 0.318 e. The van der Waals surface area contributed by atoms with Gasteiger partial charge in [-0.15, -0.1) is 0 Å². The van der Waals surface area contributed by atoms with Crippen LogP contribution in [0.4, 0.5) is 0 Å². The van der Waals surface area contributed by atoms with Gasteiger partial charge in [0.1, 0.15) is 5.57 Å². The summed E-state index contributed by atoms with van der Waals surface area (Å²) in [6.45, 7) is 7.81. The number of nitrogens with one attached hydrogen (secondary N) is 1. The van der Waals surface area contributed by atoms with Crippen molar-refractivity contribution in [2.75, 3.05) is 0 Å². The Balaban J connectivity index is 2.04. The number of hydrogen-bond donors (Lipinski definition) is 1. The third-order valence-electron chi connectivity index (χ3n) is 5.02. The minimum atomic E-state index is -0.467. The molecule has 28 heavy (non-hydrogen) atoms. The molecule has 7 heteroatoms. The Morgan fingerprint density at radius 1 is 1.21 bits per heavy atom. The van der Waals surface area contributed by atoms with Crippen molar-refractivity contribution in [3.63, 3.8) is 0 Å². The number of carbonyl (C=O) groups is 2. The molecule has 1 aliphatic rings. The molecule has 1 aromatic heterocycles. The molecule has 0 radical (unpaired) electrons. The maximum atomic E-state index is 12.9. The molecule has 146 valence electrons. The van der Waals surface area contributed by atoms with Crippen LogP contribution in [0.2, 0.25) is 5.02 Å². The Labute approximate surface area is 175 Å². The lowest BCUT2D eigenvalue weighted by atomic mass is 10.1. The highest BCUT2D eigenvalue weighted by molar-refractivity contribution is 7.80. The van der Waals surface area contributed by atoms with Gasteiger partial charge >= 0.3 is 0 Å². The van der Waals surface area contributed by atoms with E-state index < -0.39 is 5.91 Å². The summed E-state index contributed by atoms with van der Waals surface area (Å²) in [5, 5.41) is 3.46. The van der Waals surface area contributed by atoms with Crippen LogP contribution in [0.15, 0.2) is 35.9 Å². The Morgan fingerprint density at radius 2 is 1.86 bits per heavy atom. The SMILES string of the molecule is CC[C@@H](C)N1C(=O)/C(=C\c2cc(C)n(-c3ccc(Cl)cc3)c2C)C(=O)NC1=S. The molecule has 2 heterocycles. The fraction of sp³-hybridized carbons (Fsp3) is 0.286. The van der Waals surface area contributed by atoms with E-state index in [9.17, 15) is 9.59 Å². The second kappa shape index (κ2) is 7.89. The fourth-order valence-electron chi connectivity index (χ4n) is 3.33. The van der Waals surface area contributed by atoms with Gasteiger partial charge in [-0.25, -0.2) is 0 Å². The number of amides is 2. The van der Waals surface area contributed by atoms with Gasteiger partial charge in [0.25, 0.3) is 11.8 Å². The number of halogens is 1. The van der Waals surface area contributed by atoms with Crippen molar-refractivity contribution in [1.82, 2.24) is 14.8 Å².